The lowest BCUT2D eigenvalue weighted by Crippen LogP contribution is -2.12. The molecular formula is C19H21N3O2S. The largest absolute Gasteiger partial charge is 0.361 e. The summed E-state index contributed by atoms with van der Waals surface area (Å²) in [6.45, 7) is 5.89. The maximum Gasteiger partial charge on any atom is 0.226 e. The molecule has 2 aromatic heterocycles. The predicted molar refractivity (Wildman–Crippen MR) is 99.9 cm³/mol. The second-order valence-corrected chi connectivity index (χ2v) is 6.80. The molecule has 0 radical (unpaired) electrons. The van der Waals surface area contributed by atoms with E-state index in [9.17, 15) is 4.79 Å². The summed E-state index contributed by atoms with van der Waals surface area (Å²) >= 11 is 1.44. The second-order valence-electron chi connectivity index (χ2n) is 5.94. The van der Waals surface area contributed by atoms with Gasteiger partial charge >= 0.3 is 0 Å². The molecule has 0 aliphatic carbocycles. The molecule has 1 N–H and O–H groups in total. The number of carbonyl (C=O) groups excluding carboxylic acids is 1. The van der Waals surface area contributed by atoms with Gasteiger partial charge in [-0.1, -0.05) is 36.3 Å². The molecule has 0 aliphatic heterocycles. The van der Waals surface area contributed by atoms with Crippen molar-refractivity contribution in [1.82, 2.24) is 10.1 Å². The average molecular weight is 355 g/mol. The van der Waals surface area contributed by atoms with Crippen molar-refractivity contribution in [2.24, 2.45) is 0 Å². The van der Waals surface area contributed by atoms with E-state index in [2.05, 4.69) is 46.6 Å². The van der Waals surface area contributed by atoms with E-state index in [1.165, 1.54) is 16.9 Å². The third-order valence-electron chi connectivity index (χ3n) is 4.19. The normalized spacial score (nSPS) is 10.8. The summed E-state index contributed by atoms with van der Waals surface area (Å²) in [6, 6.07) is 8.35. The van der Waals surface area contributed by atoms with Gasteiger partial charge in [-0.3, -0.25) is 4.79 Å². The van der Waals surface area contributed by atoms with Crippen LogP contribution in [0.5, 0.6) is 0 Å². The number of carbonyl (C=O) groups is 1. The van der Waals surface area contributed by atoms with Gasteiger partial charge in [-0.15, -0.1) is 11.3 Å². The van der Waals surface area contributed by atoms with Crippen LogP contribution in [0.15, 0.2) is 34.2 Å². The van der Waals surface area contributed by atoms with Gasteiger partial charge in [-0.2, -0.15) is 0 Å². The molecule has 0 aliphatic rings. The number of rotatable bonds is 6. The highest BCUT2D eigenvalue weighted by Gasteiger charge is 2.12. The molecular weight excluding hydrogens is 334 g/mol. The van der Waals surface area contributed by atoms with Crippen molar-refractivity contribution in [1.29, 1.82) is 0 Å². The minimum atomic E-state index is -0.0535. The van der Waals surface area contributed by atoms with Crippen molar-refractivity contribution in [2.75, 3.05) is 5.32 Å². The van der Waals surface area contributed by atoms with E-state index >= 15 is 0 Å². The molecule has 3 rings (SSSR count). The topological polar surface area (TPSA) is 68.0 Å². The Labute approximate surface area is 151 Å². The van der Waals surface area contributed by atoms with Crippen LogP contribution in [0.2, 0.25) is 0 Å². The predicted octanol–water partition coefficient (Wildman–Crippen LogP) is 4.55. The van der Waals surface area contributed by atoms with Gasteiger partial charge in [0.25, 0.3) is 0 Å². The quantitative estimate of drug-likeness (QED) is 0.704. The monoisotopic (exact) mass is 355 g/mol. The van der Waals surface area contributed by atoms with Crippen LogP contribution in [0.1, 0.15) is 35.9 Å². The first-order valence-corrected chi connectivity index (χ1v) is 9.21. The van der Waals surface area contributed by atoms with Crippen LogP contribution in [0.3, 0.4) is 0 Å². The third-order valence-corrected chi connectivity index (χ3v) is 4.95. The Morgan fingerprint density at radius 1 is 1.24 bits per heavy atom. The molecule has 0 saturated heterocycles. The van der Waals surface area contributed by atoms with Gasteiger partial charge in [0.15, 0.2) is 5.13 Å². The SMILES string of the molecule is CCc1ccc(-c2csc(NC(=O)CCc3c(C)noc3C)n2)cc1. The molecule has 2 heterocycles. The summed E-state index contributed by atoms with van der Waals surface area (Å²) in [6.07, 6.45) is 2.01. The fraction of sp³-hybridized carbons (Fsp3) is 0.316. The highest BCUT2D eigenvalue weighted by Crippen LogP contribution is 2.25. The number of hydrogen-bond donors (Lipinski definition) is 1. The Morgan fingerprint density at radius 2 is 2.00 bits per heavy atom. The van der Waals surface area contributed by atoms with Crippen molar-refractivity contribution in [3.05, 3.63) is 52.2 Å². The molecule has 1 aromatic carbocycles. The van der Waals surface area contributed by atoms with Crippen LogP contribution in [0, 0.1) is 13.8 Å². The Morgan fingerprint density at radius 3 is 2.64 bits per heavy atom. The summed E-state index contributed by atoms with van der Waals surface area (Å²) in [5.74, 6) is 0.722. The van der Waals surface area contributed by atoms with E-state index in [1.807, 2.05) is 19.2 Å². The standard InChI is InChI=1S/C19H21N3O2S/c1-4-14-5-7-15(8-6-14)17-11-25-19(20-17)21-18(23)10-9-16-12(2)22-24-13(16)3/h5-8,11H,4,9-10H2,1-3H3,(H,20,21,23). The van der Waals surface area contributed by atoms with Crippen molar-refractivity contribution in [3.8, 4) is 11.3 Å². The molecule has 1 amide bonds. The van der Waals surface area contributed by atoms with Crippen LogP contribution < -0.4 is 5.32 Å². The molecule has 0 saturated carbocycles. The maximum absolute atomic E-state index is 12.2. The van der Waals surface area contributed by atoms with E-state index in [-0.39, 0.29) is 5.91 Å². The molecule has 0 atom stereocenters. The van der Waals surface area contributed by atoms with Gasteiger partial charge in [0, 0.05) is 22.9 Å². The summed E-state index contributed by atoms with van der Waals surface area (Å²) in [5, 5.41) is 9.37. The van der Waals surface area contributed by atoms with Crippen LogP contribution >= 0.6 is 11.3 Å². The Hall–Kier alpha value is -2.47. The van der Waals surface area contributed by atoms with Gasteiger partial charge in [-0.05, 0) is 32.3 Å². The number of amides is 1. The van der Waals surface area contributed by atoms with Crippen LogP contribution in [0.4, 0.5) is 5.13 Å². The van der Waals surface area contributed by atoms with E-state index < -0.39 is 0 Å². The lowest BCUT2D eigenvalue weighted by Gasteiger charge is -2.02. The number of aromatic nitrogens is 2. The lowest BCUT2D eigenvalue weighted by molar-refractivity contribution is -0.116. The van der Waals surface area contributed by atoms with Crippen molar-refractivity contribution in [3.63, 3.8) is 0 Å². The zero-order valence-electron chi connectivity index (χ0n) is 14.6. The summed E-state index contributed by atoms with van der Waals surface area (Å²) in [7, 11) is 0. The fourth-order valence-corrected chi connectivity index (χ4v) is 3.39. The van der Waals surface area contributed by atoms with Crippen molar-refractivity contribution in [2.45, 2.75) is 40.0 Å². The van der Waals surface area contributed by atoms with Crippen LogP contribution in [-0.2, 0) is 17.6 Å². The Bertz CT molecular complexity index is 846. The van der Waals surface area contributed by atoms with E-state index in [0.29, 0.717) is 18.0 Å². The number of nitrogens with one attached hydrogen (secondary N) is 1. The van der Waals surface area contributed by atoms with E-state index in [4.69, 9.17) is 4.52 Å². The van der Waals surface area contributed by atoms with Crippen LogP contribution in [0.25, 0.3) is 11.3 Å². The molecule has 5 nitrogen and oxygen atoms in total. The highest BCUT2D eigenvalue weighted by atomic mass is 32.1. The molecule has 130 valence electrons. The van der Waals surface area contributed by atoms with E-state index in [0.717, 1.165) is 34.7 Å². The highest BCUT2D eigenvalue weighted by molar-refractivity contribution is 7.14. The zero-order valence-corrected chi connectivity index (χ0v) is 15.4. The lowest BCUT2D eigenvalue weighted by atomic mass is 10.1. The summed E-state index contributed by atoms with van der Waals surface area (Å²) in [4.78, 5) is 16.7. The first kappa shape index (κ1) is 17.4. The molecule has 3 aromatic rings. The van der Waals surface area contributed by atoms with Crippen molar-refractivity contribution < 1.29 is 9.32 Å². The Balaban J connectivity index is 1.59. The fourth-order valence-electron chi connectivity index (χ4n) is 2.65. The second kappa shape index (κ2) is 7.61. The molecule has 0 spiro atoms. The maximum atomic E-state index is 12.2. The number of benzene rings is 1. The summed E-state index contributed by atoms with van der Waals surface area (Å²) in [5.41, 5.74) is 5.09. The molecule has 0 unspecified atom stereocenters. The minimum Gasteiger partial charge on any atom is -0.361 e. The first-order valence-electron chi connectivity index (χ1n) is 8.33. The first-order chi connectivity index (χ1) is 12.1. The number of nitrogens with zero attached hydrogens (tertiary/aromatic N) is 2. The molecule has 6 heteroatoms. The molecule has 0 bridgehead atoms. The minimum absolute atomic E-state index is 0.0535. The van der Waals surface area contributed by atoms with Gasteiger partial charge in [0.05, 0.1) is 11.4 Å². The van der Waals surface area contributed by atoms with Gasteiger partial charge in [0.2, 0.25) is 5.91 Å². The average Bonchev–Trinajstić information content (AvgIpc) is 3.20. The smallest absolute Gasteiger partial charge is 0.226 e. The molecule has 0 fully saturated rings. The van der Waals surface area contributed by atoms with Gasteiger partial charge in [0.1, 0.15) is 5.76 Å². The zero-order chi connectivity index (χ0) is 17.8. The van der Waals surface area contributed by atoms with Crippen molar-refractivity contribution >= 4 is 22.4 Å². The van der Waals surface area contributed by atoms with Gasteiger partial charge in [-0.25, -0.2) is 4.98 Å². The number of thiazole rings is 1. The molecule has 25 heavy (non-hydrogen) atoms. The van der Waals surface area contributed by atoms with Crippen LogP contribution in [-0.4, -0.2) is 16.0 Å². The third kappa shape index (κ3) is 4.14. The number of anilines is 1. The Kier molecular flexibility index (Phi) is 5.28. The van der Waals surface area contributed by atoms with E-state index in [1.54, 1.807) is 0 Å². The van der Waals surface area contributed by atoms with Gasteiger partial charge < -0.3 is 9.84 Å². The summed E-state index contributed by atoms with van der Waals surface area (Å²) < 4.78 is 5.12. The number of hydrogen-bond acceptors (Lipinski definition) is 5. The number of aryl methyl sites for hydroxylation is 3.